The van der Waals surface area contributed by atoms with Crippen molar-refractivity contribution in [2.45, 2.75) is 51.6 Å². The molecule has 2 aromatic rings. The Morgan fingerprint density at radius 1 is 1.31 bits per heavy atom. The Morgan fingerprint density at radius 3 is 2.69 bits per heavy atom. The van der Waals surface area contributed by atoms with Crippen molar-refractivity contribution in [2.75, 3.05) is 13.1 Å². The van der Waals surface area contributed by atoms with Crippen LogP contribution in [-0.4, -0.2) is 45.4 Å². The van der Waals surface area contributed by atoms with Gasteiger partial charge in [-0.3, -0.25) is 9.59 Å². The van der Waals surface area contributed by atoms with Crippen LogP contribution >= 0.6 is 11.3 Å². The van der Waals surface area contributed by atoms with E-state index in [1.165, 1.54) is 0 Å². The molecule has 0 unspecified atom stereocenters. The highest BCUT2D eigenvalue weighted by Gasteiger charge is 2.47. The molecule has 0 bridgehead atoms. The molecule has 4 heterocycles. The minimum absolute atomic E-state index is 0.0997. The number of nitrogens with zero attached hydrogens (tertiary/aromatic N) is 3. The Labute approximate surface area is 156 Å². The average Bonchev–Trinajstić information content (AvgIpc) is 3.35. The number of carbonyl (C=O) groups is 2. The summed E-state index contributed by atoms with van der Waals surface area (Å²) in [6.07, 6.45) is 3.12. The zero-order valence-corrected chi connectivity index (χ0v) is 16.0. The van der Waals surface area contributed by atoms with E-state index in [0.29, 0.717) is 26.1 Å². The van der Waals surface area contributed by atoms with Crippen molar-refractivity contribution in [1.82, 2.24) is 15.0 Å². The molecule has 2 saturated heterocycles. The number of aryl methyl sites for hydroxylation is 2. The molecule has 0 N–H and O–H groups in total. The summed E-state index contributed by atoms with van der Waals surface area (Å²) in [6.45, 7) is 5.75. The Kier molecular flexibility index (Phi) is 4.34. The van der Waals surface area contributed by atoms with Crippen LogP contribution in [0.25, 0.3) is 0 Å². The molecule has 2 aromatic heterocycles. The van der Waals surface area contributed by atoms with Gasteiger partial charge in [-0.05, 0) is 44.6 Å². The molecule has 2 fully saturated rings. The molecule has 0 radical (unpaired) electrons. The van der Waals surface area contributed by atoms with Crippen LogP contribution in [0.2, 0.25) is 0 Å². The van der Waals surface area contributed by atoms with E-state index in [1.807, 2.05) is 40.5 Å². The Morgan fingerprint density at radius 2 is 2.08 bits per heavy atom. The largest absolute Gasteiger partial charge is 0.361 e. The number of hydrogen-bond donors (Lipinski definition) is 0. The third-order valence-corrected chi connectivity index (χ3v) is 6.61. The minimum Gasteiger partial charge on any atom is -0.361 e. The molecule has 26 heavy (non-hydrogen) atoms. The highest BCUT2D eigenvalue weighted by molar-refractivity contribution is 7.08. The monoisotopic (exact) mass is 373 g/mol. The number of amides is 2. The van der Waals surface area contributed by atoms with E-state index >= 15 is 0 Å². The fourth-order valence-electron chi connectivity index (χ4n) is 4.23. The van der Waals surface area contributed by atoms with Gasteiger partial charge in [0.05, 0.1) is 17.8 Å². The molecule has 0 aliphatic carbocycles. The zero-order chi connectivity index (χ0) is 18.3. The van der Waals surface area contributed by atoms with Crippen molar-refractivity contribution in [3.8, 4) is 0 Å². The Bertz CT molecular complexity index is 800. The number of aromatic nitrogens is 1. The van der Waals surface area contributed by atoms with E-state index in [2.05, 4.69) is 5.16 Å². The summed E-state index contributed by atoms with van der Waals surface area (Å²) in [5.74, 6) is 1.08. The second kappa shape index (κ2) is 6.54. The maximum absolute atomic E-state index is 12.6. The molecule has 2 aliphatic rings. The topological polar surface area (TPSA) is 66.7 Å². The van der Waals surface area contributed by atoms with Crippen molar-refractivity contribution in [3.05, 3.63) is 39.4 Å². The fourth-order valence-corrected chi connectivity index (χ4v) is 4.86. The third kappa shape index (κ3) is 2.84. The molecule has 1 spiro atoms. The molecule has 2 aliphatic heterocycles. The summed E-state index contributed by atoms with van der Waals surface area (Å²) >= 11 is 1.54. The van der Waals surface area contributed by atoms with E-state index in [9.17, 15) is 9.59 Å². The third-order valence-electron chi connectivity index (χ3n) is 5.92. The van der Waals surface area contributed by atoms with Crippen molar-refractivity contribution < 1.29 is 14.1 Å². The van der Waals surface area contributed by atoms with Gasteiger partial charge in [-0.2, -0.15) is 11.3 Å². The summed E-state index contributed by atoms with van der Waals surface area (Å²) in [7, 11) is 0. The van der Waals surface area contributed by atoms with Gasteiger partial charge < -0.3 is 14.3 Å². The first-order valence-corrected chi connectivity index (χ1v) is 9.98. The first-order chi connectivity index (χ1) is 12.5. The maximum atomic E-state index is 12.6. The van der Waals surface area contributed by atoms with Crippen LogP contribution < -0.4 is 0 Å². The first-order valence-electron chi connectivity index (χ1n) is 9.04. The molecular weight excluding hydrogens is 350 g/mol. The predicted molar refractivity (Wildman–Crippen MR) is 97.9 cm³/mol. The van der Waals surface area contributed by atoms with Crippen LogP contribution in [0.15, 0.2) is 21.3 Å². The number of hydrogen-bond acceptors (Lipinski definition) is 5. The number of piperidine rings is 1. The maximum Gasteiger partial charge on any atom is 0.254 e. The highest BCUT2D eigenvalue weighted by Crippen LogP contribution is 2.40. The lowest BCUT2D eigenvalue weighted by molar-refractivity contribution is -0.133. The van der Waals surface area contributed by atoms with Crippen LogP contribution in [0.3, 0.4) is 0 Å². The van der Waals surface area contributed by atoms with E-state index in [-0.39, 0.29) is 17.4 Å². The molecule has 2 amide bonds. The van der Waals surface area contributed by atoms with Crippen LogP contribution in [-0.2, 0) is 11.3 Å². The second-order valence-corrected chi connectivity index (χ2v) is 8.09. The quantitative estimate of drug-likeness (QED) is 0.829. The summed E-state index contributed by atoms with van der Waals surface area (Å²) in [5.41, 5.74) is 2.48. The van der Waals surface area contributed by atoms with Gasteiger partial charge in [-0.1, -0.05) is 5.16 Å². The molecule has 0 saturated carbocycles. The molecule has 138 valence electrons. The fraction of sp³-hybridized carbons (Fsp3) is 0.526. The number of rotatable bonds is 3. The molecule has 4 rings (SSSR count). The van der Waals surface area contributed by atoms with Gasteiger partial charge in [-0.25, -0.2) is 0 Å². The number of thiophene rings is 1. The van der Waals surface area contributed by atoms with Crippen molar-refractivity contribution >= 4 is 23.2 Å². The average molecular weight is 373 g/mol. The lowest BCUT2D eigenvalue weighted by Gasteiger charge is -2.45. The minimum atomic E-state index is -0.140. The van der Waals surface area contributed by atoms with Crippen molar-refractivity contribution in [3.63, 3.8) is 0 Å². The van der Waals surface area contributed by atoms with E-state index in [4.69, 9.17) is 4.52 Å². The van der Waals surface area contributed by atoms with Crippen LogP contribution in [0, 0.1) is 13.8 Å². The van der Waals surface area contributed by atoms with Gasteiger partial charge in [0.2, 0.25) is 5.91 Å². The standard InChI is InChI=1S/C19H23N3O3S/c1-13-16(14(2)25-20-13)11-22-17(23)3-5-19(22)6-8-21(9-7-19)18(24)15-4-10-26-12-15/h4,10,12H,3,5-9,11H2,1-2H3. The van der Waals surface area contributed by atoms with Gasteiger partial charge in [-0.15, -0.1) is 0 Å². The summed E-state index contributed by atoms with van der Waals surface area (Å²) in [4.78, 5) is 29.1. The van der Waals surface area contributed by atoms with Gasteiger partial charge >= 0.3 is 0 Å². The van der Waals surface area contributed by atoms with E-state index in [1.54, 1.807) is 11.3 Å². The number of likely N-dealkylation sites (tertiary alicyclic amines) is 2. The summed E-state index contributed by atoms with van der Waals surface area (Å²) < 4.78 is 5.27. The molecule has 6 nitrogen and oxygen atoms in total. The first kappa shape index (κ1) is 17.3. The normalized spacial score (nSPS) is 19.5. The van der Waals surface area contributed by atoms with Crippen LogP contribution in [0.1, 0.15) is 53.1 Å². The van der Waals surface area contributed by atoms with E-state index < -0.39 is 0 Å². The predicted octanol–water partition coefficient (Wildman–Crippen LogP) is 3.15. The highest BCUT2D eigenvalue weighted by atomic mass is 32.1. The SMILES string of the molecule is Cc1noc(C)c1CN1C(=O)CCC12CCN(C(=O)c1ccsc1)CC2. The summed E-state index contributed by atoms with van der Waals surface area (Å²) in [6, 6.07) is 1.88. The van der Waals surface area contributed by atoms with Gasteiger partial charge in [0.1, 0.15) is 5.76 Å². The zero-order valence-electron chi connectivity index (χ0n) is 15.2. The Balaban J connectivity index is 1.49. The molecule has 7 heteroatoms. The van der Waals surface area contributed by atoms with Gasteiger partial charge in [0.15, 0.2) is 0 Å². The van der Waals surface area contributed by atoms with E-state index in [0.717, 1.165) is 41.8 Å². The van der Waals surface area contributed by atoms with Crippen molar-refractivity contribution in [1.29, 1.82) is 0 Å². The lowest BCUT2D eigenvalue weighted by Crippen LogP contribution is -2.53. The van der Waals surface area contributed by atoms with Crippen molar-refractivity contribution in [2.24, 2.45) is 0 Å². The second-order valence-electron chi connectivity index (χ2n) is 7.31. The van der Waals surface area contributed by atoms with Gasteiger partial charge in [0.25, 0.3) is 5.91 Å². The molecule has 0 atom stereocenters. The Hall–Kier alpha value is -2.15. The molecule has 0 aromatic carbocycles. The smallest absolute Gasteiger partial charge is 0.254 e. The molecular formula is C19H23N3O3S. The van der Waals surface area contributed by atoms with Gasteiger partial charge in [0, 0.05) is 36.0 Å². The van der Waals surface area contributed by atoms with Crippen LogP contribution in [0.4, 0.5) is 0 Å². The van der Waals surface area contributed by atoms with Crippen LogP contribution in [0.5, 0.6) is 0 Å². The number of carbonyl (C=O) groups excluding carboxylic acids is 2. The lowest BCUT2D eigenvalue weighted by atomic mass is 9.84. The summed E-state index contributed by atoms with van der Waals surface area (Å²) in [5, 5.41) is 7.84.